The Hall–Kier alpha value is -2.34. The molecule has 6 nitrogen and oxygen atoms in total. The van der Waals surface area contributed by atoms with Crippen molar-refractivity contribution in [1.82, 2.24) is 0 Å². The summed E-state index contributed by atoms with van der Waals surface area (Å²) in [4.78, 5) is 28.9. The molecule has 4 saturated carbocycles. The molecule has 6 heteroatoms. The summed E-state index contributed by atoms with van der Waals surface area (Å²) in [5.74, 6) is -0.692. The van der Waals surface area contributed by atoms with Crippen LogP contribution in [0.5, 0.6) is 5.75 Å². The van der Waals surface area contributed by atoms with Gasteiger partial charge in [-0.15, -0.1) is 6.58 Å². The molecule has 9 atom stereocenters. The van der Waals surface area contributed by atoms with Gasteiger partial charge in [0, 0.05) is 23.7 Å². The molecule has 1 N–H and O–H groups in total. The number of rotatable bonds is 5. The molecule has 5 aliphatic rings. The molecule has 0 saturated heterocycles. The first-order chi connectivity index (χ1) is 18.5. The van der Waals surface area contributed by atoms with Gasteiger partial charge in [-0.2, -0.15) is 0 Å². The summed E-state index contributed by atoms with van der Waals surface area (Å²) in [7, 11) is 2.98. The van der Waals surface area contributed by atoms with Crippen LogP contribution in [0.4, 0.5) is 0 Å². The largest absolute Gasteiger partial charge is 0.497 e. The molecule has 6 rings (SSSR count). The molecule has 212 valence electrons. The van der Waals surface area contributed by atoms with E-state index in [9.17, 15) is 14.7 Å². The van der Waals surface area contributed by atoms with Gasteiger partial charge in [-0.3, -0.25) is 9.59 Å². The van der Waals surface area contributed by atoms with Gasteiger partial charge in [0.1, 0.15) is 11.9 Å². The lowest BCUT2D eigenvalue weighted by Gasteiger charge is -2.56. The number of esters is 2. The predicted molar refractivity (Wildman–Crippen MR) is 147 cm³/mol. The van der Waals surface area contributed by atoms with E-state index in [0.29, 0.717) is 11.7 Å². The highest BCUT2D eigenvalue weighted by molar-refractivity contribution is 6.02. The van der Waals surface area contributed by atoms with E-state index in [1.807, 2.05) is 18.2 Å². The van der Waals surface area contributed by atoms with E-state index in [4.69, 9.17) is 14.2 Å². The molecule has 4 fully saturated rings. The van der Waals surface area contributed by atoms with Gasteiger partial charge in [0.15, 0.2) is 5.41 Å². The third kappa shape index (κ3) is 3.36. The summed E-state index contributed by atoms with van der Waals surface area (Å²) in [5, 5.41) is 12.4. The van der Waals surface area contributed by atoms with Gasteiger partial charge in [-0.05, 0) is 91.4 Å². The summed E-state index contributed by atoms with van der Waals surface area (Å²) in [6.45, 7) is 10.8. The molecule has 0 amide bonds. The van der Waals surface area contributed by atoms with Crippen LogP contribution in [0.2, 0.25) is 0 Å². The van der Waals surface area contributed by atoms with Crippen LogP contribution < -0.4 is 4.74 Å². The lowest BCUT2D eigenvalue weighted by molar-refractivity contribution is -0.203. The Kier molecular flexibility index (Phi) is 6.08. The zero-order valence-corrected chi connectivity index (χ0v) is 24.1. The van der Waals surface area contributed by atoms with E-state index in [1.54, 1.807) is 7.11 Å². The standard InChI is InChI=1S/C33H44O6/c1-7-20-10-13-25-23-12-9-19-8-11-22(37-5)17-24(19)27(23)32(28(34)38-6,18-33(20,25)36)29(35)39-26-16-21-14-15-31(26,4)30(21,2)3/h7-8,11,17,20-21,23,25-27,36H,1,9-10,12-16,18H2,2-6H3/t20-,21-,23+,25+,26+,27+,31+,32+,33-/m0/s1. The van der Waals surface area contributed by atoms with Gasteiger partial charge < -0.3 is 19.3 Å². The highest BCUT2D eigenvalue weighted by Gasteiger charge is 2.71. The highest BCUT2D eigenvalue weighted by Crippen LogP contribution is 2.68. The average Bonchev–Trinajstić information content (AvgIpc) is 3.45. The number of ether oxygens (including phenoxy) is 3. The van der Waals surface area contributed by atoms with Crippen molar-refractivity contribution in [2.45, 2.75) is 89.8 Å². The second kappa shape index (κ2) is 8.83. The maximum atomic E-state index is 14.8. The van der Waals surface area contributed by atoms with Crippen molar-refractivity contribution in [3.8, 4) is 5.75 Å². The number of aryl methyl sites for hydroxylation is 1. The molecular formula is C33H44O6. The lowest BCUT2D eigenvalue weighted by atomic mass is 9.48. The minimum atomic E-state index is -1.65. The number of hydrogen-bond acceptors (Lipinski definition) is 6. The number of methoxy groups -OCH3 is 2. The van der Waals surface area contributed by atoms with Crippen molar-refractivity contribution in [2.75, 3.05) is 14.2 Å². The second-order valence-electron chi connectivity index (χ2n) is 13.9. The van der Waals surface area contributed by atoms with Gasteiger partial charge in [0.2, 0.25) is 0 Å². The lowest BCUT2D eigenvalue weighted by Crippen LogP contribution is -2.63. The van der Waals surface area contributed by atoms with Gasteiger partial charge in [0.25, 0.3) is 0 Å². The van der Waals surface area contributed by atoms with Gasteiger partial charge in [0.05, 0.1) is 19.8 Å². The SMILES string of the molecule is C=C[C@H]1CC[C@@H]2[C@H]3CCc4ccc(OC)cc4[C@@H]3[C@](C(=O)OC)(C(=O)O[C@@H]3C[C@@H]4CC[C@@]3(C)C4(C)C)C[C@@]21O. The Morgan fingerprint density at radius 3 is 2.46 bits per heavy atom. The molecule has 0 radical (unpaired) electrons. The Bertz CT molecular complexity index is 1200. The molecule has 1 aromatic rings. The molecule has 1 aromatic carbocycles. The molecule has 5 aliphatic carbocycles. The van der Waals surface area contributed by atoms with E-state index in [0.717, 1.165) is 56.1 Å². The highest BCUT2D eigenvalue weighted by atomic mass is 16.6. The maximum Gasteiger partial charge on any atom is 0.324 e. The van der Waals surface area contributed by atoms with Gasteiger partial charge in [-0.1, -0.05) is 32.9 Å². The number of carbonyl (C=O) groups is 2. The quantitative estimate of drug-likeness (QED) is 0.299. The van der Waals surface area contributed by atoms with Crippen LogP contribution >= 0.6 is 0 Å². The van der Waals surface area contributed by atoms with Crippen molar-refractivity contribution in [2.24, 2.45) is 39.9 Å². The van der Waals surface area contributed by atoms with E-state index in [2.05, 4.69) is 33.4 Å². The van der Waals surface area contributed by atoms with E-state index < -0.39 is 28.9 Å². The van der Waals surface area contributed by atoms with Crippen molar-refractivity contribution < 1.29 is 28.9 Å². The summed E-state index contributed by atoms with van der Waals surface area (Å²) in [6.07, 6.45) is 7.75. The maximum absolute atomic E-state index is 14.8. The zero-order chi connectivity index (χ0) is 28.0. The van der Waals surface area contributed by atoms with Crippen molar-refractivity contribution in [3.63, 3.8) is 0 Å². The van der Waals surface area contributed by atoms with Crippen LogP contribution in [0.15, 0.2) is 30.9 Å². The average molecular weight is 537 g/mol. The molecule has 39 heavy (non-hydrogen) atoms. The molecule has 0 unspecified atom stereocenters. The van der Waals surface area contributed by atoms with Crippen LogP contribution in [0.25, 0.3) is 0 Å². The molecule has 0 heterocycles. The molecule has 2 bridgehead atoms. The topological polar surface area (TPSA) is 82.1 Å². The summed E-state index contributed by atoms with van der Waals surface area (Å²) >= 11 is 0. The predicted octanol–water partition coefficient (Wildman–Crippen LogP) is 5.61. The van der Waals surface area contributed by atoms with Gasteiger partial charge >= 0.3 is 11.9 Å². The minimum Gasteiger partial charge on any atom is -0.497 e. The molecule has 0 spiro atoms. The summed E-state index contributed by atoms with van der Waals surface area (Å²) < 4.78 is 17.6. The minimum absolute atomic E-state index is 0.0130. The summed E-state index contributed by atoms with van der Waals surface area (Å²) in [6, 6.07) is 5.99. The molecule has 0 aliphatic heterocycles. The number of fused-ring (bicyclic) bond motifs is 7. The van der Waals surface area contributed by atoms with E-state index in [-0.39, 0.29) is 41.1 Å². The number of carbonyl (C=O) groups excluding carboxylic acids is 2. The van der Waals surface area contributed by atoms with Crippen LogP contribution in [0.3, 0.4) is 0 Å². The first-order valence-electron chi connectivity index (χ1n) is 14.8. The van der Waals surface area contributed by atoms with Crippen LogP contribution in [-0.4, -0.2) is 43.0 Å². The molecule has 0 aromatic heterocycles. The summed E-state index contributed by atoms with van der Waals surface area (Å²) in [5.41, 5.74) is -0.891. The third-order valence-electron chi connectivity index (χ3n) is 12.7. The van der Waals surface area contributed by atoms with Crippen LogP contribution in [-0.2, 0) is 25.5 Å². The van der Waals surface area contributed by atoms with Crippen LogP contribution in [0, 0.1) is 39.9 Å². The Labute approximate surface area is 232 Å². The number of hydrogen-bond donors (Lipinski definition) is 1. The Balaban J connectivity index is 1.51. The van der Waals surface area contributed by atoms with E-state index in [1.165, 1.54) is 7.11 Å². The number of aliphatic hydroxyl groups is 1. The number of benzene rings is 1. The smallest absolute Gasteiger partial charge is 0.324 e. The first kappa shape index (κ1) is 26.9. The Morgan fingerprint density at radius 2 is 1.85 bits per heavy atom. The fraction of sp³-hybridized carbons (Fsp3) is 0.697. The van der Waals surface area contributed by atoms with Crippen molar-refractivity contribution in [3.05, 3.63) is 42.0 Å². The molecular weight excluding hydrogens is 492 g/mol. The fourth-order valence-corrected chi connectivity index (χ4v) is 10.1. The van der Waals surface area contributed by atoms with Crippen LogP contribution in [0.1, 0.15) is 82.8 Å². The third-order valence-corrected chi connectivity index (χ3v) is 12.7. The van der Waals surface area contributed by atoms with E-state index >= 15 is 0 Å². The normalized spacial score (nSPS) is 43.1. The van der Waals surface area contributed by atoms with Crippen molar-refractivity contribution >= 4 is 11.9 Å². The fourth-order valence-electron chi connectivity index (χ4n) is 10.1. The first-order valence-corrected chi connectivity index (χ1v) is 14.8. The van der Waals surface area contributed by atoms with Crippen molar-refractivity contribution in [1.29, 1.82) is 0 Å². The second-order valence-corrected chi connectivity index (χ2v) is 13.9. The monoisotopic (exact) mass is 536 g/mol. The zero-order valence-electron chi connectivity index (χ0n) is 24.1. The Morgan fingerprint density at radius 1 is 1.08 bits per heavy atom. The van der Waals surface area contributed by atoms with Gasteiger partial charge in [-0.25, -0.2) is 0 Å².